The highest BCUT2D eigenvalue weighted by atomic mass is 127. The molecule has 0 radical (unpaired) electrons. The van der Waals surface area contributed by atoms with E-state index in [0.29, 0.717) is 12.5 Å². The maximum absolute atomic E-state index is 5.89. The Kier molecular flexibility index (Phi) is 7.11. The van der Waals surface area contributed by atoms with Crippen LogP contribution in [0.25, 0.3) is 11.0 Å². The second-order valence-electron chi connectivity index (χ2n) is 5.43. The molecular weight excluding hydrogens is 413 g/mol. The van der Waals surface area contributed by atoms with E-state index in [1.807, 2.05) is 42.5 Å². The van der Waals surface area contributed by atoms with E-state index in [-0.39, 0.29) is 24.0 Å². The van der Waals surface area contributed by atoms with Gasteiger partial charge < -0.3 is 15.5 Å². The summed E-state index contributed by atoms with van der Waals surface area (Å²) in [5.74, 6) is 1.42. The van der Waals surface area contributed by atoms with Gasteiger partial charge in [-0.2, -0.15) is 0 Å². The summed E-state index contributed by atoms with van der Waals surface area (Å²) in [5.41, 5.74) is 8.09. The molecule has 3 rings (SSSR count). The zero-order valence-corrected chi connectivity index (χ0v) is 15.8. The van der Waals surface area contributed by atoms with Gasteiger partial charge >= 0.3 is 0 Å². The van der Waals surface area contributed by atoms with Crippen molar-refractivity contribution in [2.75, 3.05) is 13.1 Å². The van der Waals surface area contributed by atoms with Crippen LogP contribution in [0, 0.1) is 0 Å². The fraction of sp³-hybridized carbons (Fsp3) is 0.211. The minimum absolute atomic E-state index is 0. The van der Waals surface area contributed by atoms with Gasteiger partial charge in [-0.25, -0.2) is 0 Å². The molecule has 1 heterocycles. The van der Waals surface area contributed by atoms with Gasteiger partial charge in [0.05, 0.1) is 0 Å². The normalized spacial score (nSPS) is 11.2. The van der Waals surface area contributed by atoms with Crippen molar-refractivity contribution in [1.29, 1.82) is 0 Å². The van der Waals surface area contributed by atoms with Crippen LogP contribution in [0.2, 0.25) is 0 Å². The molecular formula is C19H22IN3O. The second kappa shape index (κ2) is 9.32. The Balaban J connectivity index is 0.00000208. The molecule has 4 nitrogen and oxygen atoms in total. The number of para-hydroxylation sites is 1. The third-order valence-corrected chi connectivity index (χ3v) is 3.68. The van der Waals surface area contributed by atoms with Gasteiger partial charge in [0, 0.05) is 24.9 Å². The average molecular weight is 435 g/mol. The molecule has 0 amide bonds. The number of rotatable bonds is 6. The third kappa shape index (κ3) is 5.26. The lowest BCUT2D eigenvalue weighted by atomic mass is 10.1. The Morgan fingerprint density at radius 2 is 1.75 bits per heavy atom. The zero-order valence-electron chi connectivity index (χ0n) is 13.4. The van der Waals surface area contributed by atoms with Crippen LogP contribution in [0.15, 0.2) is 70.1 Å². The molecule has 0 fully saturated rings. The lowest BCUT2D eigenvalue weighted by Gasteiger charge is -2.05. The van der Waals surface area contributed by atoms with Crippen LogP contribution in [0.3, 0.4) is 0 Å². The molecule has 0 aliphatic carbocycles. The van der Waals surface area contributed by atoms with Crippen LogP contribution in [0.1, 0.15) is 11.3 Å². The van der Waals surface area contributed by atoms with E-state index in [4.69, 9.17) is 10.2 Å². The van der Waals surface area contributed by atoms with Crippen LogP contribution in [0.4, 0.5) is 0 Å². The maximum Gasteiger partial charge on any atom is 0.188 e. The number of benzene rings is 2. The van der Waals surface area contributed by atoms with E-state index in [0.717, 1.165) is 36.1 Å². The molecule has 0 aliphatic heterocycles. The van der Waals surface area contributed by atoms with Gasteiger partial charge in [-0.3, -0.25) is 4.99 Å². The molecule has 0 saturated heterocycles. The summed E-state index contributed by atoms with van der Waals surface area (Å²) >= 11 is 0. The highest BCUT2D eigenvalue weighted by Crippen LogP contribution is 2.18. The highest BCUT2D eigenvalue weighted by molar-refractivity contribution is 14.0. The van der Waals surface area contributed by atoms with Crippen LogP contribution >= 0.6 is 24.0 Å². The summed E-state index contributed by atoms with van der Waals surface area (Å²) in [7, 11) is 0. The van der Waals surface area contributed by atoms with Crippen molar-refractivity contribution in [3.63, 3.8) is 0 Å². The summed E-state index contributed by atoms with van der Waals surface area (Å²) in [6.45, 7) is 1.40. The van der Waals surface area contributed by atoms with Gasteiger partial charge in [-0.05, 0) is 24.1 Å². The molecule has 0 saturated carbocycles. The fourth-order valence-corrected chi connectivity index (χ4v) is 2.48. The van der Waals surface area contributed by atoms with Gasteiger partial charge in [-0.15, -0.1) is 24.0 Å². The molecule has 24 heavy (non-hydrogen) atoms. The predicted molar refractivity (Wildman–Crippen MR) is 110 cm³/mol. The Morgan fingerprint density at radius 1 is 1.00 bits per heavy atom. The fourth-order valence-electron chi connectivity index (χ4n) is 2.48. The highest BCUT2D eigenvalue weighted by Gasteiger charge is 2.02. The lowest BCUT2D eigenvalue weighted by molar-refractivity contribution is 0.550. The minimum Gasteiger partial charge on any atom is -0.461 e. The number of halogens is 1. The molecule has 3 aromatic rings. The maximum atomic E-state index is 5.89. The molecule has 2 aromatic carbocycles. The molecule has 0 bridgehead atoms. The van der Waals surface area contributed by atoms with Gasteiger partial charge in [0.15, 0.2) is 5.96 Å². The quantitative estimate of drug-likeness (QED) is 0.352. The van der Waals surface area contributed by atoms with Crippen molar-refractivity contribution >= 4 is 40.9 Å². The number of hydrogen-bond acceptors (Lipinski definition) is 2. The van der Waals surface area contributed by atoms with E-state index < -0.39 is 0 Å². The first-order chi connectivity index (χ1) is 11.3. The number of furan rings is 1. The molecule has 126 valence electrons. The number of hydrogen-bond donors (Lipinski definition) is 2. The first-order valence-corrected chi connectivity index (χ1v) is 7.86. The van der Waals surface area contributed by atoms with Crippen LogP contribution in [-0.4, -0.2) is 19.0 Å². The first kappa shape index (κ1) is 18.3. The number of nitrogens with zero attached hydrogens (tertiary/aromatic N) is 1. The minimum atomic E-state index is 0. The number of fused-ring (bicyclic) bond motifs is 1. The number of nitrogens with two attached hydrogens (primary N) is 1. The zero-order chi connectivity index (χ0) is 15.9. The van der Waals surface area contributed by atoms with Gasteiger partial charge in [-0.1, -0.05) is 48.5 Å². The monoisotopic (exact) mass is 435 g/mol. The largest absolute Gasteiger partial charge is 0.461 e. The molecule has 3 N–H and O–H groups in total. The van der Waals surface area contributed by atoms with E-state index in [1.54, 1.807) is 0 Å². The predicted octanol–water partition coefficient (Wildman–Crippen LogP) is 3.74. The third-order valence-electron chi connectivity index (χ3n) is 3.68. The van der Waals surface area contributed by atoms with Gasteiger partial charge in [0.25, 0.3) is 0 Å². The van der Waals surface area contributed by atoms with Crippen LogP contribution in [0.5, 0.6) is 0 Å². The molecule has 5 heteroatoms. The Hall–Kier alpha value is -2.02. The Bertz CT molecular complexity index is 750. The summed E-state index contributed by atoms with van der Waals surface area (Å²) in [4.78, 5) is 4.34. The molecule has 0 atom stereocenters. The standard InChI is InChI=1S/C19H21N3O.HI/c20-19(21-12-10-15-6-2-1-3-7-15)22-13-11-17-14-16-8-4-5-9-18(16)23-17;/h1-9,14H,10-13H2,(H3,20,21,22);1H. The number of guanidine groups is 1. The Labute approximate surface area is 159 Å². The summed E-state index contributed by atoms with van der Waals surface area (Å²) in [5, 5.41) is 4.27. The molecule has 0 spiro atoms. The SMILES string of the molecule is I.NC(=NCCc1cc2ccccc2o1)NCCc1ccccc1. The molecule has 1 aromatic heterocycles. The van der Waals surface area contributed by atoms with Crippen molar-refractivity contribution in [1.82, 2.24) is 5.32 Å². The van der Waals surface area contributed by atoms with Crippen LogP contribution in [-0.2, 0) is 12.8 Å². The van der Waals surface area contributed by atoms with Crippen molar-refractivity contribution in [2.45, 2.75) is 12.8 Å². The van der Waals surface area contributed by atoms with E-state index >= 15 is 0 Å². The van der Waals surface area contributed by atoms with E-state index in [1.165, 1.54) is 5.56 Å². The summed E-state index contributed by atoms with van der Waals surface area (Å²) in [6, 6.07) is 20.4. The lowest BCUT2D eigenvalue weighted by Crippen LogP contribution is -2.33. The van der Waals surface area contributed by atoms with Crippen molar-refractivity contribution in [3.05, 3.63) is 72.0 Å². The second-order valence-corrected chi connectivity index (χ2v) is 5.43. The molecule has 0 unspecified atom stereocenters. The Morgan fingerprint density at radius 3 is 2.54 bits per heavy atom. The smallest absolute Gasteiger partial charge is 0.188 e. The van der Waals surface area contributed by atoms with Crippen LogP contribution < -0.4 is 11.1 Å². The molecule has 0 aliphatic rings. The van der Waals surface area contributed by atoms with Crippen molar-refractivity contribution < 1.29 is 4.42 Å². The van der Waals surface area contributed by atoms with E-state index in [9.17, 15) is 0 Å². The number of aliphatic imine (C=N–C) groups is 1. The van der Waals surface area contributed by atoms with Gasteiger partial charge in [0.1, 0.15) is 11.3 Å². The first-order valence-electron chi connectivity index (χ1n) is 7.86. The topological polar surface area (TPSA) is 63.5 Å². The number of nitrogens with one attached hydrogen (secondary N) is 1. The average Bonchev–Trinajstić information content (AvgIpc) is 2.98. The van der Waals surface area contributed by atoms with E-state index in [2.05, 4.69) is 28.5 Å². The summed E-state index contributed by atoms with van der Waals surface area (Å²) in [6.07, 6.45) is 1.68. The van der Waals surface area contributed by atoms with Crippen molar-refractivity contribution in [2.24, 2.45) is 10.7 Å². The van der Waals surface area contributed by atoms with Gasteiger partial charge in [0.2, 0.25) is 0 Å². The summed E-state index contributed by atoms with van der Waals surface area (Å²) < 4.78 is 5.76. The van der Waals surface area contributed by atoms with Crippen molar-refractivity contribution in [3.8, 4) is 0 Å².